The van der Waals surface area contributed by atoms with E-state index in [0.717, 1.165) is 17.9 Å². The maximum absolute atomic E-state index is 5.97. The Morgan fingerprint density at radius 1 is 0.958 bits per heavy atom. The largest absolute Gasteiger partial charge is 0.490 e. The summed E-state index contributed by atoms with van der Waals surface area (Å²) in [7, 11) is 0. The van der Waals surface area contributed by atoms with E-state index in [2.05, 4.69) is 52.0 Å². The normalized spacial score (nSPS) is 11.4. The van der Waals surface area contributed by atoms with Crippen LogP contribution in [0.4, 0.5) is 0 Å². The molecule has 0 saturated carbocycles. The lowest BCUT2D eigenvalue weighted by Gasteiger charge is -2.23. The molecule has 2 rings (SSSR count). The molecule has 0 unspecified atom stereocenters. The number of rotatable bonds is 7. The number of ether oxygens (including phenoxy) is 2. The first-order chi connectivity index (χ1) is 11.4. The van der Waals surface area contributed by atoms with E-state index in [1.165, 1.54) is 16.7 Å². The Morgan fingerprint density at radius 3 is 2.42 bits per heavy atom. The molecule has 0 fully saturated rings. The van der Waals surface area contributed by atoms with Gasteiger partial charge in [0.25, 0.3) is 0 Å². The summed E-state index contributed by atoms with van der Waals surface area (Å²) >= 11 is 0. The topological polar surface area (TPSA) is 44.5 Å². The average Bonchev–Trinajstić information content (AvgIpc) is 2.52. The molecule has 0 aliphatic carbocycles. The summed E-state index contributed by atoms with van der Waals surface area (Å²) in [6.45, 7) is 10.4. The average molecular weight is 327 g/mol. The molecule has 0 amide bonds. The number of benzene rings is 2. The Morgan fingerprint density at radius 2 is 1.71 bits per heavy atom. The van der Waals surface area contributed by atoms with E-state index in [4.69, 9.17) is 15.2 Å². The molecule has 3 nitrogen and oxygen atoms in total. The van der Waals surface area contributed by atoms with Gasteiger partial charge < -0.3 is 15.2 Å². The van der Waals surface area contributed by atoms with Crippen LogP contribution in [0.25, 0.3) is 0 Å². The molecular formula is C21H29NO2. The van der Waals surface area contributed by atoms with E-state index < -0.39 is 0 Å². The van der Waals surface area contributed by atoms with E-state index in [0.29, 0.717) is 19.8 Å². The van der Waals surface area contributed by atoms with E-state index >= 15 is 0 Å². The predicted octanol–water partition coefficient (Wildman–Crippen LogP) is 4.25. The Bertz CT molecular complexity index is 659. The summed E-state index contributed by atoms with van der Waals surface area (Å²) in [5.74, 6) is 1.80. The molecule has 0 aromatic heterocycles. The van der Waals surface area contributed by atoms with E-state index in [1.54, 1.807) is 0 Å². The van der Waals surface area contributed by atoms with Crippen LogP contribution >= 0.6 is 0 Å². The first-order valence-corrected chi connectivity index (χ1v) is 8.56. The minimum absolute atomic E-state index is 0.0543. The zero-order chi connectivity index (χ0) is 17.6. The minimum Gasteiger partial charge on any atom is -0.490 e. The van der Waals surface area contributed by atoms with Crippen LogP contribution < -0.4 is 15.2 Å². The molecule has 2 N–H and O–H groups in total. The first kappa shape index (κ1) is 18.3. The molecule has 0 aliphatic heterocycles. The standard InChI is InChI=1S/C21H29NO2/c1-16-8-9-20(19(14-16)21(2,3)4)24-13-12-23-18-7-5-6-17(15-18)10-11-22/h5-9,14-15H,10-13,22H2,1-4H3. The molecule has 24 heavy (non-hydrogen) atoms. The summed E-state index contributed by atoms with van der Waals surface area (Å²) in [5, 5.41) is 0. The number of aryl methyl sites for hydroxylation is 1. The Labute approximate surface area is 145 Å². The van der Waals surface area contributed by atoms with Crippen molar-refractivity contribution in [3.05, 3.63) is 59.2 Å². The summed E-state index contributed by atoms with van der Waals surface area (Å²) in [6.07, 6.45) is 0.867. The van der Waals surface area contributed by atoms with Gasteiger partial charge in [-0.3, -0.25) is 0 Å². The monoisotopic (exact) mass is 327 g/mol. The zero-order valence-corrected chi connectivity index (χ0v) is 15.3. The van der Waals surface area contributed by atoms with Gasteiger partial charge in [0.05, 0.1) is 0 Å². The van der Waals surface area contributed by atoms with Crippen molar-refractivity contribution in [2.24, 2.45) is 5.73 Å². The molecule has 0 aliphatic rings. The molecule has 0 spiro atoms. The second-order valence-corrected chi connectivity index (χ2v) is 7.13. The predicted molar refractivity (Wildman–Crippen MR) is 100 cm³/mol. The van der Waals surface area contributed by atoms with Gasteiger partial charge in [0.1, 0.15) is 24.7 Å². The molecule has 0 radical (unpaired) electrons. The summed E-state index contributed by atoms with van der Waals surface area (Å²) in [4.78, 5) is 0. The van der Waals surface area contributed by atoms with E-state index in [1.807, 2.05) is 18.2 Å². The molecule has 0 heterocycles. The SMILES string of the molecule is Cc1ccc(OCCOc2cccc(CCN)c2)c(C(C)(C)C)c1. The Balaban J connectivity index is 1.92. The number of hydrogen-bond donors (Lipinski definition) is 1. The van der Waals surface area contributed by atoms with Crippen LogP contribution in [-0.4, -0.2) is 19.8 Å². The van der Waals surface area contributed by atoms with Crippen LogP contribution in [-0.2, 0) is 11.8 Å². The van der Waals surface area contributed by atoms with E-state index in [-0.39, 0.29) is 5.41 Å². The van der Waals surface area contributed by atoms with Gasteiger partial charge in [-0.15, -0.1) is 0 Å². The summed E-state index contributed by atoms with van der Waals surface area (Å²) in [6, 6.07) is 14.4. The molecule has 0 atom stereocenters. The van der Waals surface area contributed by atoms with Gasteiger partial charge in [0.15, 0.2) is 0 Å². The smallest absolute Gasteiger partial charge is 0.123 e. The quantitative estimate of drug-likeness (QED) is 0.773. The molecule has 3 heteroatoms. The highest BCUT2D eigenvalue weighted by Crippen LogP contribution is 2.32. The van der Waals surface area contributed by atoms with Crippen LogP contribution in [0.1, 0.15) is 37.5 Å². The molecule has 2 aromatic rings. The molecule has 0 saturated heterocycles. The van der Waals surface area contributed by atoms with Gasteiger partial charge in [-0.2, -0.15) is 0 Å². The fourth-order valence-corrected chi connectivity index (χ4v) is 2.62. The Hall–Kier alpha value is -2.00. The maximum Gasteiger partial charge on any atom is 0.123 e. The zero-order valence-electron chi connectivity index (χ0n) is 15.3. The molecule has 0 bridgehead atoms. The van der Waals surface area contributed by atoms with Crippen LogP contribution in [0.5, 0.6) is 11.5 Å². The van der Waals surface area contributed by atoms with Gasteiger partial charge >= 0.3 is 0 Å². The Kier molecular flexibility index (Phi) is 6.27. The fourth-order valence-electron chi connectivity index (χ4n) is 2.62. The number of hydrogen-bond acceptors (Lipinski definition) is 3. The van der Waals surface area contributed by atoms with Gasteiger partial charge in [-0.25, -0.2) is 0 Å². The lowest BCUT2D eigenvalue weighted by atomic mass is 9.85. The van der Waals surface area contributed by atoms with Crippen molar-refractivity contribution >= 4 is 0 Å². The lowest BCUT2D eigenvalue weighted by Crippen LogP contribution is -2.16. The molecule has 130 valence electrons. The summed E-state index contributed by atoms with van der Waals surface area (Å²) < 4.78 is 11.8. The van der Waals surface area contributed by atoms with Crippen LogP contribution in [0.15, 0.2) is 42.5 Å². The van der Waals surface area contributed by atoms with Crippen molar-refractivity contribution in [1.82, 2.24) is 0 Å². The van der Waals surface area contributed by atoms with Crippen molar-refractivity contribution in [3.8, 4) is 11.5 Å². The van der Waals surface area contributed by atoms with Crippen molar-refractivity contribution in [1.29, 1.82) is 0 Å². The third-order valence-corrected chi connectivity index (χ3v) is 3.88. The highest BCUT2D eigenvalue weighted by Gasteiger charge is 2.19. The van der Waals surface area contributed by atoms with Gasteiger partial charge in [-0.05, 0) is 54.6 Å². The summed E-state index contributed by atoms with van der Waals surface area (Å²) in [5.41, 5.74) is 9.33. The second kappa shape index (κ2) is 8.20. The third-order valence-electron chi connectivity index (χ3n) is 3.88. The fraction of sp³-hybridized carbons (Fsp3) is 0.429. The van der Waals surface area contributed by atoms with Crippen LogP contribution in [0.2, 0.25) is 0 Å². The lowest BCUT2D eigenvalue weighted by molar-refractivity contribution is 0.214. The van der Waals surface area contributed by atoms with Gasteiger partial charge in [0, 0.05) is 0 Å². The van der Waals surface area contributed by atoms with Crippen molar-refractivity contribution in [2.75, 3.05) is 19.8 Å². The van der Waals surface area contributed by atoms with Gasteiger partial charge in [-0.1, -0.05) is 50.6 Å². The number of nitrogens with two attached hydrogens (primary N) is 1. The third kappa shape index (κ3) is 5.27. The van der Waals surface area contributed by atoms with Crippen LogP contribution in [0, 0.1) is 6.92 Å². The maximum atomic E-state index is 5.97. The second-order valence-electron chi connectivity index (χ2n) is 7.13. The van der Waals surface area contributed by atoms with Crippen molar-refractivity contribution in [3.63, 3.8) is 0 Å². The highest BCUT2D eigenvalue weighted by molar-refractivity contribution is 5.41. The van der Waals surface area contributed by atoms with Crippen LogP contribution in [0.3, 0.4) is 0 Å². The molecule has 2 aromatic carbocycles. The van der Waals surface area contributed by atoms with Crippen molar-refractivity contribution < 1.29 is 9.47 Å². The van der Waals surface area contributed by atoms with Crippen molar-refractivity contribution in [2.45, 2.75) is 39.5 Å². The highest BCUT2D eigenvalue weighted by atomic mass is 16.5. The molecular weight excluding hydrogens is 298 g/mol. The first-order valence-electron chi connectivity index (χ1n) is 8.56. The van der Waals surface area contributed by atoms with Gasteiger partial charge in [0.2, 0.25) is 0 Å². The van der Waals surface area contributed by atoms with E-state index in [9.17, 15) is 0 Å². The minimum atomic E-state index is 0.0543.